The van der Waals surface area contributed by atoms with Crippen LogP contribution < -0.4 is 0 Å². The molecule has 2 aliphatic carbocycles. The van der Waals surface area contributed by atoms with Gasteiger partial charge in [-0.3, -0.25) is 0 Å². The van der Waals surface area contributed by atoms with E-state index in [0.29, 0.717) is 0 Å². The molecule has 2 nitrogen and oxygen atoms in total. The van der Waals surface area contributed by atoms with Gasteiger partial charge in [0.15, 0.2) is 0 Å². The van der Waals surface area contributed by atoms with E-state index in [1.54, 1.807) is 0 Å². The highest BCUT2D eigenvalue weighted by Crippen LogP contribution is 2.49. The average molecular weight is 277 g/mol. The Hall–Kier alpha value is -0.550. The first-order chi connectivity index (χ1) is 9.66. The van der Waals surface area contributed by atoms with E-state index in [4.69, 9.17) is 0 Å². The summed E-state index contributed by atoms with van der Waals surface area (Å²) in [5.41, 5.74) is -1.18. The Balaban J connectivity index is 2.16. The van der Waals surface area contributed by atoms with Crippen LogP contribution in [0, 0.1) is 22.7 Å². The molecule has 2 atom stereocenters. The molecule has 2 aliphatic rings. The molecule has 0 radical (unpaired) electrons. The van der Waals surface area contributed by atoms with Crippen molar-refractivity contribution in [1.82, 2.24) is 0 Å². The summed E-state index contributed by atoms with van der Waals surface area (Å²) in [4.78, 5) is 0. The van der Waals surface area contributed by atoms with Gasteiger partial charge in [-0.05, 0) is 38.0 Å². The second kappa shape index (κ2) is 6.94. The molecule has 2 saturated carbocycles. The Kier molecular flexibility index (Phi) is 5.49. The number of nitrogens with zero attached hydrogens (tertiary/aromatic N) is 1. The SMILES string of the molecule is CCC1CCCC(O)(C2(C#N)CCCCCCC2)CC1. The fraction of sp³-hybridized carbons (Fsp3) is 0.944. The van der Waals surface area contributed by atoms with Crippen molar-refractivity contribution in [1.29, 1.82) is 5.26 Å². The molecule has 2 rings (SSSR count). The molecule has 0 aromatic heterocycles. The van der Waals surface area contributed by atoms with Crippen LogP contribution in [0.1, 0.15) is 90.4 Å². The van der Waals surface area contributed by atoms with Gasteiger partial charge in [-0.15, -0.1) is 0 Å². The van der Waals surface area contributed by atoms with E-state index in [2.05, 4.69) is 13.0 Å². The summed E-state index contributed by atoms with van der Waals surface area (Å²) in [5.74, 6) is 0.758. The van der Waals surface area contributed by atoms with E-state index >= 15 is 0 Å². The Morgan fingerprint density at radius 1 is 0.950 bits per heavy atom. The number of aliphatic hydroxyl groups is 1. The van der Waals surface area contributed by atoms with E-state index in [0.717, 1.165) is 57.3 Å². The van der Waals surface area contributed by atoms with Crippen molar-refractivity contribution in [2.75, 3.05) is 0 Å². The van der Waals surface area contributed by atoms with Crippen LogP contribution >= 0.6 is 0 Å². The molecule has 2 unspecified atom stereocenters. The molecule has 1 N–H and O–H groups in total. The minimum Gasteiger partial charge on any atom is -0.388 e. The van der Waals surface area contributed by atoms with Crippen LogP contribution in [0.4, 0.5) is 0 Å². The number of nitriles is 1. The zero-order valence-electron chi connectivity index (χ0n) is 13.2. The second-order valence-corrected chi connectivity index (χ2v) is 7.20. The van der Waals surface area contributed by atoms with E-state index in [1.165, 1.54) is 32.1 Å². The van der Waals surface area contributed by atoms with Crippen molar-refractivity contribution < 1.29 is 5.11 Å². The Labute approximate surface area is 124 Å². The molecule has 0 heterocycles. The van der Waals surface area contributed by atoms with Crippen LogP contribution in [-0.4, -0.2) is 10.7 Å². The van der Waals surface area contributed by atoms with Crippen LogP contribution in [0.25, 0.3) is 0 Å². The maximum atomic E-state index is 11.3. The third-order valence-electron chi connectivity index (χ3n) is 6.06. The highest BCUT2D eigenvalue weighted by molar-refractivity contribution is 5.12. The van der Waals surface area contributed by atoms with E-state index in [9.17, 15) is 10.4 Å². The van der Waals surface area contributed by atoms with Gasteiger partial charge in [-0.1, -0.05) is 58.3 Å². The molecule has 0 bridgehead atoms. The van der Waals surface area contributed by atoms with E-state index in [-0.39, 0.29) is 0 Å². The first-order valence-electron chi connectivity index (χ1n) is 8.79. The van der Waals surface area contributed by atoms with Crippen molar-refractivity contribution in [3.63, 3.8) is 0 Å². The third-order valence-corrected chi connectivity index (χ3v) is 6.06. The topological polar surface area (TPSA) is 44.0 Å². The maximum Gasteiger partial charge on any atom is 0.0860 e. The summed E-state index contributed by atoms with van der Waals surface area (Å²) in [6.07, 6.45) is 14.2. The fourth-order valence-electron chi connectivity index (χ4n) is 4.47. The molecule has 0 aromatic carbocycles. The molecular weight excluding hydrogens is 246 g/mol. The van der Waals surface area contributed by atoms with Crippen LogP contribution in [0.15, 0.2) is 0 Å². The molecule has 0 aliphatic heterocycles. The quantitative estimate of drug-likeness (QED) is 0.725. The molecule has 0 spiro atoms. The number of rotatable bonds is 2. The molecule has 0 aromatic rings. The zero-order valence-corrected chi connectivity index (χ0v) is 13.2. The molecular formula is C18H31NO. The van der Waals surface area contributed by atoms with E-state index < -0.39 is 11.0 Å². The van der Waals surface area contributed by atoms with Gasteiger partial charge in [-0.2, -0.15) is 5.26 Å². The lowest BCUT2D eigenvalue weighted by Crippen LogP contribution is -2.47. The van der Waals surface area contributed by atoms with Crippen molar-refractivity contribution in [2.24, 2.45) is 11.3 Å². The van der Waals surface area contributed by atoms with Crippen LogP contribution in [-0.2, 0) is 0 Å². The molecule has 2 heteroatoms. The molecule has 114 valence electrons. The van der Waals surface area contributed by atoms with Gasteiger partial charge in [0.25, 0.3) is 0 Å². The van der Waals surface area contributed by atoms with Gasteiger partial charge in [0.1, 0.15) is 0 Å². The van der Waals surface area contributed by atoms with Gasteiger partial charge >= 0.3 is 0 Å². The average Bonchev–Trinajstić information content (AvgIpc) is 2.62. The van der Waals surface area contributed by atoms with E-state index in [1.807, 2.05) is 0 Å². The monoisotopic (exact) mass is 277 g/mol. The Morgan fingerprint density at radius 3 is 2.20 bits per heavy atom. The highest BCUT2D eigenvalue weighted by atomic mass is 16.3. The predicted molar refractivity (Wildman–Crippen MR) is 82.2 cm³/mol. The van der Waals surface area contributed by atoms with Gasteiger partial charge in [0.05, 0.1) is 17.1 Å². The fourth-order valence-corrected chi connectivity index (χ4v) is 4.47. The van der Waals surface area contributed by atoms with Crippen LogP contribution in [0.5, 0.6) is 0 Å². The van der Waals surface area contributed by atoms with Crippen LogP contribution in [0.2, 0.25) is 0 Å². The van der Waals surface area contributed by atoms with Gasteiger partial charge in [0.2, 0.25) is 0 Å². The van der Waals surface area contributed by atoms with Crippen molar-refractivity contribution in [3.05, 3.63) is 0 Å². The highest BCUT2D eigenvalue weighted by Gasteiger charge is 2.50. The normalized spacial score (nSPS) is 35.4. The standard InChI is InChI=1S/C18H31NO/c1-2-16-9-8-13-18(20,14-10-16)17(15-19)11-6-4-3-5-7-12-17/h16,20H,2-14H2,1H3. The predicted octanol–water partition coefficient (Wildman–Crippen LogP) is 4.96. The lowest BCUT2D eigenvalue weighted by atomic mass is 9.63. The largest absolute Gasteiger partial charge is 0.388 e. The van der Waals surface area contributed by atoms with Crippen LogP contribution in [0.3, 0.4) is 0 Å². The number of hydrogen-bond donors (Lipinski definition) is 1. The molecule has 0 saturated heterocycles. The zero-order chi connectivity index (χ0) is 14.5. The van der Waals surface area contributed by atoms with Gasteiger partial charge in [-0.25, -0.2) is 0 Å². The lowest BCUT2D eigenvalue weighted by molar-refractivity contribution is -0.0794. The molecule has 20 heavy (non-hydrogen) atoms. The Bertz CT molecular complexity index is 338. The summed E-state index contributed by atoms with van der Waals surface area (Å²) in [6.45, 7) is 2.25. The molecule has 2 fully saturated rings. The first kappa shape index (κ1) is 15.8. The van der Waals surface area contributed by atoms with Gasteiger partial charge in [0, 0.05) is 0 Å². The smallest absolute Gasteiger partial charge is 0.0860 e. The van der Waals surface area contributed by atoms with Crippen molar-refractivity contribution in [2.45, 2.75) is 96.0 Å². The number of hydrogen-bond acceptors (Lipinski definition) is 2. The summed E-state index contributed by atoms with van der Waals surface area (Å²) in [5, 5.41) is 21.2. The van der Waals surface area contributed by atoms with Gasteiger partial charge < -0.3 is 5.11 Å². The summed E-state index contributed by atoms with van der Waals surface area (Å²) in [7, 11) is 0. The maximum absolute atomic E-state index is 11.3. The summed E-state index contributed by atoms with van der Waals surface area (Å²) in [6, 6.07) is 2.61. The Morgan fingerprint density at radius 2 is 1.60 bits per heavy atom. The summed E-state index contributed by atoms with van der Waals surface area (Å²) >= 11 is 0. The first-order valence-corrected chi connectivity index (χ1v) is 8.79. The lowest BCUT2D eigenvalue weighted by Gasteiger charge is -2.44. The van der Waals surface area contributed by atoms with Crippen molar-refractivity contribution >= 4 is 0 Å². The minimum absolute atomic E-state index is 0.462. The van der Waals surface area contributed by atoms with Crippen molar-refractivity contribution in [3.8, 4) is 6.07 Å². The summed E-state index contributed by atoms with van der Waals surface area (Å²) < 4.78 is 0. The third kappa shape index (κ3) is 3.19. The minimum atomic E-state index is -0.719. The molecule has 0 amide bonds. The second-order valence-electron chi connectivity index (χ2n) is 7.20.